The van der Waals surface area contributed by atoms with Crippen LogP contribution in [0, 0.1) is 11.3 Å². The Balaban J connectivity index is 1.95. The Hall–Kier alpha value is -2.54. The Bertz CT molecular complexity index is 977. The summed E-state index contributed by atoms with van der Waals surface area (Å²) in [5, 5.41) is 10.1. The van der Waals surface area contributed by atoms with Crippen molar-refractivity contribution in [2.45, 2.75) is 6.61 Å². The van der Waals surface area contributed by atoms with Gasteiger partial charge in [0.1, 0.15) is 12.4 Å². The van der Waals surface area contributed by atoms with Crippen LogP contribution in [-0.4, -0.2) is 0 Å². The van der Waals surface area contributed by atoms with Crippen LogP contribution in [0.1, 0.15) is 16.7 Å². The maximum atomic E-state index is 9.60. The van der Waals surface area contributed by atoms with Gasteiger partial charge in [-0.3, -0.25) is 0 Å². The molecule has 0 aliphatic rings. The van der Waals surface area contributed by atoms with Crippen LogP contribution in [0.4, 0.5) is 0 Å². The largest absolute Gasteiger partial charge is 0.488 e. The third-order valence-electron chi connectivity index (χ3n) is 3.79. The number of nitriles is 1. The number of halogens is 2. The Morgan fingerprint density at radius 2 is 1.77 bits per heavy atom. The van der Waals surface area contributed by atoms with Gasteiger partial charge in [-0.25, -0.2) is 0 Å². The number of hydrogen-bond acceptors (Lipinski definition) is 2. The third-order valence-corrected chi connectivity index (χ3v) is 4.62. The monoisotopic (exact) mass is 423 g/mol. The first kappa shape index (κ1) is 18.3. The van der Waals surface area contributed by atoms with E-state index in [-0.39, 0.29) is 0 Å². The van der Waals surface area contributed by atoms with Crippen molar-refractivity contribution in [3.8, 4) is 11.8 Å². The second-order valence-corrected chi connectivity index (χ2v) is 6.93. The smallest absolute Gasteiger partial charge is 0.127 e. The molecule has 0 spiro atoms. The Kier molecular flexibility index (Phi) is 6.12. The summed E-state index contributed by atoms with van der Waals surface area (Å²) in [5.41, 5.74) is 3.08. The topological polar surface area (TPSA) is 33.0 Å². The lowest BCUT2D eigenvalue weighted by molar-refractivity contribution is 0.305. The predicted molar refractivity (Wildman–Crippen MR) is 110 cm³/mol. The van der Waals surface area contributed by atoms with Crippen LogP contribution in [-0.2, 0) is 6.61 Å². The molecule has 26 heavy (non-hydrogen) atoms. The lowest BCUT2D eigenvalue weighted by Crippen LogP contribution is -1.97. The minimum Gasteiger partial charge on any atom is -0.488 e. The molecule has 3 aromatic rings. The summed E-state index contributed by atoms with van der Waals surface area (Å²) in [4.78, 5) is 0. The van der Waals surface area contributed by atoms with E-state index >= 15 is 0 Å². The maximum absolute atomic E-state index is 9.60. The zero-order valence-corrected chi connectivity index (χ0v) is 16.2. The average Bonchev–Trinajstić information content (AvgIpc) is 2.67. The second kappa shape index (κ2) is 8.71. The maximum Gasteiger partial charge on any atom is 0.127 e. The molecule has 0 bridgehead atoms. The normalized spacial score (nSPS) is 11.0. The summed E-state index contributed by atoms with van der Waals surface area (Å²) in [6, 6.07) is 25.2. The van der Waals surface area contributed by atoms with Crippen LogP contribution in [0.15, 0.2) is 77.3 Å². The highest BCUT2D eigenvalue weighted by atomic mass is 79.9. The van der Waals surface area contributed by atoms with Gasteiger partial charge >= 0.3 is 0 Å². The highest BCUT2D eigenvalue weighted by molar-refractivity contribution is 9.10. The molecule has 0 aromatic heterocycles. The van der Waals surface area contributed by atoms with E-state index in [9.17, 15) is 5.26 Å². The summed E-state index contributed by atoms with van der Waals surface area (Å²) in [5.74, 6) is 0.705. The molecule has 0 heterocycles. The Morgan fingerprint density at radius 3 is 2.50 bits per heavy atom. The summed E-state index contributed by atoms with van der Waals surface area (Å²) in [6.07, 6.45) is 1.80. The van der Waals surface area contributed by atoms with Gasteiger partial charge in [0.15, 0.2) is 0 Å². The molecule has 4 heteroatoms. The molecule has 0 fully saturated rings. The van der Waals surface area contributed by atoms with Crippen molar-refractivity contribution in [1.82, 2.24) is 0 Å². The molecule has 0 radical (unpaired) electrons. The number of hydrogen-bond donors (Lipinski definition) is 0. The molecular formula is C22H15BrClNO. The van der Waals surface area contributed by atoms with Gasteiger partial charge in [-0.15, -0.1) is 0 Å². The zero-order chi connectivity index (χ0) is 18.4. The fraction of sp³-hybridized carbons (Fsp3) is 0.0455. The van der Waals surface area contributed by atoms with Crippen molar-refractivity contribution >= 4 is 39.2 Å². The number of allylic oxidation sites excluding steroid dienone is 1. The van der Waals surface area contributed by atoms with E-state index in [0.717, 1.165) is 15.6 Å². The van der Waals surface area contributed by atoms with Gasteiger partial charge in [-0.2, -0.15) is 5.26 Å². The summed E-state index contributed by atoms with van der Waals surface area (Å²) < 4.78 is 6.89. The molecule has 0 unspecified atom stereocenters. The highest BCUT2D eigenvalue weighted by Crippen LogP contribution is 2.30. The van der Waals surface area contributed by atoms with Crippen LogP contribution in [0.25, 0.3) is 11.6 Å². The fourth-order valence-electron chi connectivity index (χ4n) is 2.50. The third kappa shape index (κ3) is 4.54. The summed E-state index contributed by atoms with van der Waals surface area (Å²) in [7, 11) is 0. The van der Waals surface area contributed by atoms with E-state index in [2.05, 4.69) is 22.0 Å². The van der Waals surface area contributed by atoms with Crippen molar-refractivity contribution < 1.29 is 4.74 Å². The van der Waals surface area contributed by atoms with Gasteiger partial charge in [0, 0.05) is 20.6 Å². The molecule has 0 aliphatic carbocycles. The predicted octanol–water partition coefficient (Wildman–Crippen LogP) is 6.75. The van der Waals surface area contributed by atoms with Gasteiger partial charge in [0.25, 0.3) is 0 Å². The molecule has 2 nitrogen and oxygen atoms in total. The van der Waals surface area contributed by atoms with Crippen molar-refractivity contribution in [3.05, 3.63) is 99.0 Å². The minimum absolute atomic E-state index is 0.456. The molecule has 3 aromatic carbocycles. The molecule has 3 rings (SSSR count). The van der Waals surface area contributed by atoms with E-state index in [4.69, 9.17) is 16.3 Å². The minimum atomic E-state index is 0.456. The van der Waals surface area contributed by atoms with E-state index < -0.39 is 0 Å². The second-order valence-electron chi connectivity index (χ2n) is 5.61. The van der Waals surface area contributed by atoms with Gasteiger partial charge in [0.2, 0.25) is 0 Å². The molecule has 0 aliphatic heterocycles. The van der Waals surface area contributed by atoms with Gasteiger partial charge in [0.05, 0.1) is 11.6 Å². The van der Waals surface area contributed by atoms with Crippen LogP contribution in [0.5, 0.6) is 5.75 Å². The zero-order valence-electron chi connectivity index (χ0n) is 13.8. The molecule has 128 valence electrons. The van der Waals surface area contributed by atoms with E-state index in [0.29, 0.717) is 28.5 Å². The Labute approximate surface area is 166 Å². The van der Waals surface area contributed by atoms with E-state index in [1.54, 1.807) is 12.1 Å². The van der Waals surface area contributed by atoms with Crippen molar-refractivity contribution in [1.29, 1.82) is 5.26 Å². The number of ether oxygens (including phenoxy) is 1. The van der Waals surface area contributed by atoms with Crippen molar-refractivity contribution in [3.63, 3.8) is 0 Å². The molecule has 0 N–H and O–H groups in total. The summed E-state index contributed by atoms with van der Waals surface area (Å²) >= 11 is 9.72. The van der Waals surface area contributed by atoms with Crippen LogP contribution in [0.3, 0.4) is 0 Å². The first-order valence-corrected chi connectivity index (χ1v) is 9.17. The van der Waals surface area contributed by atoms with E-state index in [1.165, 1.54) is 0 Å². The number of rotatable bonds is 5. The standard InChI is InChI=1S/C22H15BrClNO/c23-19-10-11-22(26-15-16-6-2-1-3-7-16)17(13-19)12-18(14-25)20-8-4-5-9-21(20)24/h1-13H,15H2. The van der Waals surface area contributed by atoms with Gasteiger partial charge < -0.3 is 4.74 Å². The van der Waals surface area contributed by atoms with E-state index in [1.807, 2.05) is 66.7 Å². The summed E-state index contributed by atoms with van der Waals surface area (Å²) in [6.45, 7) is 0.456. The molecule has 0 saturated carbocycles. The first-order valence-electron chi connectivity index (χ1n) is 8.00. The quantitative estimate of drug-likeness (QED) is 0.335. The lowest BCUT2D eigenvalue weighted by atomic mass is 10.0. The molecule has 0 amide bonds. The number of benzene rings is 3. The molecule has 0 saturated heterocycles. The SMILES string of the molecule is N#CC(=Cc1cc(Br)ccc1OCc1ccccc1)c1ccccc1Cl. The first-order chi connectivity index (χ1) is 12.7. The van der Waals surface area contributed by atoms with Crippen molar-refractivity contribution in [2.75, 3.05) is 0 Å². The van der Waals surface area contributed by atoms with Crippen LogP contribution in [0.2, 0.25) is 5.02 Å². The van der Waals surface area contributed by atoms with Crippen LogP contribution < -0.4 is 4.74 Å². The molecular weight excluding hydrogens is 410 g/mol. The lowest BCUT2D eigenvalue weighted by Gasteiger charge is -2.11. The fourth-order valence-corrected chi connectivity index (χ4v) is 3.12. The highest BCUT2D eigenvalue weighted by Gasteiger charge is 2.09. The average molecular weight is 425 g/mol. The van der Waals surface area contributed by atoms with Crippen molar-refractivity contribution in [2.24, 2.45) is 0 Å². The molecule has 0 atom stereocenters. The van der Waals surface area contributed by atoms with Crippen LogP contribution >= 0.6 is 27.5 Å². The number of nitrogens with zero attached hydrogens (tertiary/aromatic N) is 1. The Morgan fingerprint density at radius 1 is 1.04 bits per heavy atom. The van der Waals surface area contributed by atoms with Gasteiger partial charge in [-0.1, -0.05) is 76.1 Å². The van der Waals surface area contributed by atoms with Gasteiger partial charge in [-0.05, 0) is 35.9 Å².